The minimum Gasteiger partial charge on any atom is -0.348 e. The Bertz CT molecular complexity index is 433. The normalized spacial score (nSPS) is 20.4. The van der Waals surface area contributed by atoms with Gasteiger partial charge in [-0.1, -0.05) is 13.8 Å². The van der Waals surface area contributed by atoms with Crippen molar-refractivity contribution in [3.05, 3.63) is 10.6 Å². The number of piperidine rings is 1. The number of nitrogens with one attached hydrogen (secondary N) is 1. The predicted octanol–water partition coefficient (Wildman–Crippen LogP) is 3.83. The van der Waals surface area contributed by atoms with Crippen LogP contribution in [0.2, 0.25) is 0 Å². The van der Waals surface area contributed by atoms with Crippen molar-refractivity contribution in [2.24, 2.45) is 5.92 Å². The summed E-state index contributed by atoms with van der Waals surface area (Å²) in [7, 11) is 0. The van der Waals surface area contributed by atoms with Crippen molar-refractivity contribution in [3.8, 4) is 0 Å². The molecule has 20 heavy (non-hydrogen) atoms. The summed E-state index contributed by atoms with van der Waals surface area (Å²) in [5.41, 5.74) is 1.44. The van der Waals surface area contributed by atoms with Gasteiger partial charge in [0.05, 0.1) is 5.69 Å². The maximum atomic E-state index is 4.89. The van der Waals surface area contributed by atoms with Crippen molar-refractivity contribution < 1.29 is 0 Å². The molecule has 1 aromatic heterocycles. The van der Waals surface area contributed by atoms with Crippen LogP contribution in [0, 0.1) is 5.92 Å². The van der Waals surface area contributed by atoms with Crippen LogP contribution in [-0.4, -0.2) is 23.6 Å². The Kier molecular flexibility index (Phi) is 5.08. The molecule has 0 aromatic carbocycles. The zero-order valence-electron chi connectivity index (χ0n) is 13.6. The summed E-state index contributed by atoms with van der Waals surface area (Å²) < 4.78 is 0. The number of hydrogen-bond donors (Lipinski definition) is 1. The highest BCUT2D eigenvalue weighted by Gasteiger charge is 2.21. The van der Waals surface area contributed by atoms with E-state index in [2.05, 4.69) is 44.8 Å². The highest BCUT2D eigenvalue weighted by atomic mass is 32.1. The number of anilines is 1. The third-order valence-electron chi connectivity index (χ3n) is 3.81. The highest BCUT2D eigenvalue weighted by molar-refractivity contribution is 7.15. The number of rotatable bonds is 4. The molecule has 0 amide bonds. The molecule has 1 fully saturated rings. The first-order valence-electron chi connectivity index (χ1n) is 7.87. The van der Waals surface area contributed by atoms with Gasteiger partial charge >= 0.3 is 0 Å². The zero-order chi connectivity index (χ0) is 14.8. The summed E-state index contributed by atoms with van der Waals surface area (Å²) in [5.74, 6) is 0.800. The molecule has 0 spiro atoms. The van der Waals surface area contributed by atoms with E-state index >= 15 is 0 Å². The molecule has 1 saturated heterocycles. The van der Waals surface area contributed by atoms with Crippen LogP contribution < -0.4 is 10.2 Å². The molecule has 1 aromatic rings. The summed E-state index contributed by atoms with van der Waals surface area (Å²) in [6.45, 7) is 14.5. The van der Waals surface area contributed by atoms with Crippen LogP contribution >= 0.6 is 11.3 Å². The van der Waals surface area contributed by atoms with Gasteiger partial charge < -0.3 is 10.2 Å². The first-order valence-corrected chi connectivity index (χ1v) is 8.69. The first kappa shape index (κ1) is 15.8. The van der Waals surface area contributed by atoms with Crippen LogP contribution in [-0.2, 0) is 13.0 Å². The molecule has 4 heteroatoms. The molecule has 1 N–H and O–H groups in total. The topological polar surface area (TPSA) is 28.2 Å². The van der Waals surface area contributed by atoms with E-state index in [0.29, 0.717) is 0 Å². The second-order valence-corrected chi connectivity index (χ2v) is 8.08. The van der Waals surface area contributed by atoms with Gasteiger partial charge in [0.1, 0.15) is 0 Å². The van der Waals surface area contributed by atoms with Gasteiger partial charge in [-0.05, 0) is 46.0 Å². The minimum atomic E-state index is 0.162. The average molecular weight is 295 g/mol. The maximum absolute atomic E-state index is 4.89. The third kappa shape index (κ3) is 4.19. The SMILES string of the molecule is CCc1nc(N2CCCC(C)C2)sc1CNC(C)(C)C. The van der Waals surface area contributed by atoms with Gasteiger partial charge in [0.25, 0.3) is 0 Å². The van der Waals surface area contributed by atoms with Gasteiger partial charge in [-0.15, -0.1) is 11.3 Å². The summed E-state index contributed by atoms with van der Waals surface area (Å²) in [5, 5.41) is 4.83. The van der Waals surface area contributed by atoms with E-state index in [4.69, 9.17) is 4.98 Å². The fourth-order valence-corrected chi connectivity index (χ4v) is 3.75. The van der Waals surface area contributed by atoms with Crippen molar-refractivity contribution in [1.29, 1.82) is 0 Å². The van der Waals surface area contributed by atoms with E-state index in [1.807, 2.05) is 11.3 Å². The van der Waals surface area contributed by atoms with Gasteiger partial charge in [-0.25, -0.2) is 4.98 Å². The quantitative estimate of drug-likeness (QED) is 0.915. The molecule has 0 aliphatic carbocycles. The van der Waals surface area contributed by atoms with Gasteiger partial charge in [0.2, 0.25) is 0 Å². The van der Waals surface area contributed by atoms with E-state index in [1.165, 1.54) is 41.6 Å². The van der Waals surface area contributed by atoms with Crippen LogP contribution in [0.5, 0.6) is 0 Å². The summed E-state index contributed by atoms with van der Waals surface area (Å²) in [6.07, 6.45) is 3.69. The van der Waals surface area contributed by atoms with Crippen molar-refractivity contribution in [2.45, 2.75) is 66.0 Å². The highest BCUT2D eigenvalue weighted by Crippen LogP contribution is 2.30. The number of aryl methyl sites for hydroxylation is 1. The van der Waals surface area contributed by atoms with E-state index in [-0.39, 0.29) is 5.54 Å². The predicted molar refractivity (Wildman–Crippen MR) is 88.7 cm³/mol. The number of nitrogens with zero attached hydrogens (tertiary/aromatic N) is 2. The lowest BCUT2D eigenvalue weighted by atomic mass is 10.0. The fraction of sp³-hybridized carbons (Fsp3) is 0.812. The molecule has 1 aliphatic rings. The average Bonchev–Trinajstić information content (AvgIpc) is 2.79. The largest absolute Gasteiger partial charge is 0.348 e. The van der Waals surface area contributed by atoms with Crippen LogP contribution in [0.1, 0.15) is 58.0 Å². The lowest BCUT2D eigenvalue weighted by molar-refractivity contribution is 0.425. The number of hydrogen-bond acceptors (Lipinski definition) is 4. The Hall–Kier alpha value is -0.610. The van der Waals surface area contributed by atoms with E-state index < -0.39 is 0 Å². The Morgan fingerprint density at radius 3 is 2.75 bits per heavy atom. The molecule has 0 bridgehead atoms. The lowest BCUT2D eigenvalue weighted by Crippen LogP contribution is -2.35. The standard InChI is InChI=1S/C16H29N3S/c1-6-13-14(10-17-16(3,4)5)20-15(18-13)19-9-7-8-12(2)11-19/h12,17H,6-11H2,1-5H3. The van der Waals surface area contributed by atoms with Gasteiger partial charge in [0, 0.05) is 30.1 Å². The number of thiazole rings is 1. The van der Waals surface area contributed by atoms with Crippen molar-refractivity contribution >= 4 is 16.5 Å². The van der Waals surface area contributed by atoms with Crippen molar-refractivity contribution in [2.75, 3.05) is 18.0 Å². The van der Waals surface area contributed by atoms with Crippen LogP contribution in [0.25, 0.3) is 0 Å². The zero-order valence-corrected chi connectivity index (χ0v) is 14.4. The van der Waals surface area contributed by atoms with Crippen LogP contribution in [0.3, 0.4) is 0 Å². The van der Waals surface area contributed by atoms with Gasteiger partial charge in [-0.3, -0.25) is 0 Å². The third-order valence-corrected chi connectivity index (χ3v) is 4.97. The minimum absolute atomic E-state index is 0.162. The van der Waals surface area contributed by atoms with Gasteiger partial charge in [-0.2, -0.15) is 0 Å². The van der Waals surface area contributed by atoms with Crippen molar-refractivity contribution in [3.63, 3.8) is 0 Å². The van der Waals surface area contributed by atoms with Crippen LogP contribution in [0.4, 0.5) is 5.13 Å². The molecule has 2 heterocycles. The number of aromatic nitrogens is 1. The molecule has 3 nitrogen and oxygen atoms in total. The fourth-order valence-electron chi connectivity index (χ4n) is 2.63. The Morgan fingerprint density at radius 1 is 1.40 bits per heavy atom. The van der Waals surface area contributed by atoms with Crippen LogP contribution in [0.15, 0.2) is 0 Å². The Labute approximate surface area is 127 Å². The molecular formula is C16H29N3S. The molecular weight excluding hydrogens is 266 g/mol. The molecule has 2 rings (SSSR count). The summed E-state index contributed by atoms with van der Waals surface area (Å²) >= 11 is 1.89. The first-order chi connectivity index (χ1) is 9.39. The van der Waals surface area contributed by atoms with E-state index in [1.54, 1.807) is 0 Å². The molecule has 1 unspecified atom stereocenters. The molecule has 114 valence electrons. The van der Waals surface area contributed by atoms with Crippen molar-refractivity contribution in [1.82, 2.24) is 10.3 Å². The summed E-state index contributed by atoms with van der Waals surface area (Å²) in [6, 6.07) is 0. The molecule has 1 aliphatic heterocycles. The second kappa shape index (κ2) is 6.44. The smallest absolute Gasteiger partial charge is 0.185 e. The Morgan fingerprint density at radius 2 is 2.15 bits per heavy atom. The van der Waals surface area contributed by atoms with E-state index in [9.17, 15) is 0 Å². The summed E-state index contributed by atoms with van der Waals surface area (Å²) in [4.78, 5) is 8.79. The molecule has 1 atom stereocenters. The Balaban J connectivity index is 2.09. The maximum Gasteiger partial charge on any atom is 0.185 e. The lowest BCUT2D eigenvalue weighted by Gasteiger charge is -2.30. The second-order valence-electron chi connectivity index (χ2n) is 7.02. The van der Waals surface area contributed by atoms with Gasteiger partial charge in [0.15, 0.2) is 5.13 Å². The molecule has 0 radical (unpaired) electrons. The monoisotopic (exact) mass is 295 g/mol. The molecule has 0 saturated carbocycles. The van der Waals surface area contributed by atoms with E-state index in [0.717, 1.165) is 18.9 Å².